The Morgan fingerprint density at radius 3 is 2.60 bits per heavy atom. The topological polar surface area (TPSA) is 50.5 Å². The molecule has 3 aromatic rings. The van der Waals surface area contributed by atoms with Gasteiger partial charge in [-0.3, -0.25) is 9.20 Å². The van der Waals surface area contributed by atoms with Crippen LogP contribution in [0.2, 0.25) is 5.02 Å². The minimum atomic E-state index is 0.173. The number of amides is 1. The van der Waals surface area contributed by atoms with Gasteiger partial charge < -0.3 is 4.90 Å². The molecule has 1 aromatic carbocycles. The first-order valence-electron chi connectivity index (χ1n) is 8.52. The second kappa shape index (κ2) is 6.84. The fourth-order valence-electron chi connectivity index (χ4n) is 3.41. The van der Waals surface area contributed by atoms with Crippen molar-refractivity contribution in [3.8, 4) is 0 Å². The fraction of sp³-hybridized carbons (Fsp3) is 0.316. The van der Waals surface area contributed by atoms with Crippen LogP contribution in [0, 0.1) is 0 Å². The van der Waals surface area contributed by atoms with Gasteiger partial charge in [-0.05, 0) is 42.7 Å². The molecule has 1 saturated heterocycles. The van der Waals surface area contributed by atoms with Crippen molar-refractivity contribution in [3.05, 3.63) is 65.1 Å². The standard InChI is InChI=1S/C19H19ClN4O/c20-16-6-4-14(5-7-16)13-18(25)23-11-8-15(9-12-23)19-22-21-17-3-1-2-10-24(17)19/h1-7,10,15H,8-9,11-13H2. The van der Waals surface area contributed by atoms with Gasteiger partial charge in [-0.2, -0.15) is 0 Å². The Kier molecular flexibility index (Phi) is 4.40. The Morgan fingerprint density at radius 1 is 1.08 bits per heavy atom. The van der Waals surface area contributed by atoms with Crippen LogP contribution in [0.4, 0.5) is 0 Å². The van der Waals surface area contributed by atoms with Crippen LogP contribution in [0.3, 0.4) is 0 Å². The van der Waals surface area contributed by atoms with E-state index in [1.54, 1.807) is 0 Å². The van der Waals surface area contributed by atoms with Crippen LogP contribution in [0.15, 0.2) is 48.7 Å². The van der Waals surface area contributed by atoms with E-state index in [1.165, 1.54) is 0 Å². The average Bonchev–Trinajstić information content (AvgIpc) is 3.08. The van der Waals surface area contributed by atoms with Gasteiger partial charge in [-0.15, -0.1) is 10.2 Å². The molecule has 0 spiro atoms. The van der Waals surface area contributed by atoms with Crippen molar-refractivity contribution in [2.45, 2.75) is 25.2 Å². The number of likely N-dealkylation sites (tertiary alicyclic amines) is 1. The Labute approximate surface area is 151 Å². The molecule has 0 unspecified atom stereocenters. The third-order valence-corrected chi connectivity index (χ3v) is 5.07. The summed E-state index contributed by atoms with van der Waals surface area (Å²) in [6, 6.07) is 13.4. The van der Waals surface area contributed by atoms with Gasteiger partial charge in [0.15, 0.2) is 5.65 Å². The maximum absolute atomic E-state index is 12.5. The van der Waals surface area contributed by atoms with E-state index >= 15 is 0 Å². The number of carbonyl (C=O) groups excluding carboxylic acids is 1. The van der Waals surface area contributed by atoms with Gasteiger partial charge in [0.25, 0.3) is 0 Å². The molecule has 6 heteroatoms. The molecule has 0 radical (unpaired) electrons. The molecule has 128 valence electrons. The molecule has 0 bridgehead atoms. The zero-order valence-corrected chi connectivity index (χ0v) is 14.6. The van der Waals surface area contributed by atoms with Gasteiger partial charge in [0.1, 0.15) is 5.82 Å². The molecule has 0 N–H and O–H groups in total. The largest absolute Gasteiger partial charge is 0.342 e. The molecule has 1 aliphatic rings. The molecular formula is C19H19ClN4O. The number of rotatable bonds is 3. The average molecular weight is 355 g/mol. The third kappa shape index (κ3) is 3.37. The number of fused-ring (bicyclic) bond motifs is 1. The normalized spacial score (nSPS) is 15.6. The quantitative estimate of drug-likeness (QED) is 0.725. The molecule has 25 heavy (non-hydrogen) atoms. The summed E-state index contributed by atoms with van der Waals surface area (Å²) < 4.78 is 2.05. The van der Waals surface area contributed by atoms with Crippen LogP contribution >= 0.6 is 11.6 Å². The summed E-state index contributed by atoms with van der Waals surface area (Å²) in [5.74, 6) is 1.52. The lowest BCUT2D eigenvalue weighted by Crippen LogP contribution is -2.39. The summed E-state index contributed by atoms with van der Waals surface area (Å²) in [5, 5.41) is 9.29. The Bertz CT molecular complexity index is 882. The zero-order chi connectivity index (χ0) is 17.2. The van der Waals surface area contributed by atoms with Gasteiger partial charge in [0, 0.05) is 30.2 Å². The van der Waals surface area contributed by atoms with E-state index in [0.29, 0.717) is 17.4 Å². The van der Waals surface area contributed by atoms with E-state index in [0.717, 1.165) is 43.0 Å². The van der Waals surface area contributed by atoms with E-state index < -0.39 is 0 Å². The number of hydrogen-bond acceptors (Lipinski definition) is 3. The lowest BCUT2D eigenvalue weighted by molar-refractivity contribution is -0.131. The van der Waals surface area contributed by atoms with E-state index in [1.807, 2.05) is 53.6 Å². The highest BCUT2D eigenvalue weighted by atomic mass is 35.5. The van der Waals surface area contributed by atoms with Crippen LogP contribution in [-0.2, 0) is 11.2 Å². The molecule has 3 heterocycles. The minimum absolute atomic E-state index is 0.173. The second-order valence-corrected chi connectivity index (χ2v) is 6.88. The monoisotopic (exact) mass is 354 g/mol. The van der Waals surface area contributed by atoms with Crippen molar-refractivity contribution >= 4 is 23.2 Å². The maximum Gasteiger partial charge on any atom is 0.226 e. The van der Waals surface area contributed by atoms with Gasteiger partial charge in [0.05, 0.1) is 6.42 Å². The highest BCUT2D eigenvalue weighted by Crippen LogP contribution is 2.27. The summed E-state index contributed by atoms with van der Waals surface area (Å²) in [6.07, 6.45) is 4.27. The van der Waals surface area contributed by atoms with E-state index in [4.69, 9.17) is 11.6 Å². The Balaban J connectivity index is 1.39. The van der Waals surface area contributed by atoms with Gasteiger partial charge in [-0.25, -0.2) is 0 Å². The molecule has 2 aromatic heterocycles. The summed E-state index contributed by atoms with van der Waals surface area (Å²) in [5.41, 5.74) is 1.87. The molecule has 0 atom stereocenters. The summed E-state index contributed by atoms with van der Waals surface area (Å²) in [7, 11) is 0. The predicted octanol–water partition coefficient (Wildman–Crippen LogP) is 3.33. The van der Waals surface area contributed by atoms with Crippen LogP contribution in [0.25, 0.3) is 5.65 Å². The van der Waals surface area contributed by atoms with Crippen LogP contribution in [0.1, 0.15) is 30.1 Å². The SMILES string of the molecule is O=C(Cc1ccc(Cl)cc1)N1CCC(c2nnc3ccccn23)CC1. The Hall–Kier alpha value is -2.40. The van der Waals surface area contributed by atoms with Crippen molar-refractivity contribution in [2.75, 3.05) is 13.1 Å². The number of pyridine rings is 1. The van der Waals surface area contributed by atoms with Gasteiger partial charge in [-0.1, -0.05) is 29.8 Å². The molecule has 4 rings (SSSR count). The van der Waals surface area contributed by atoms with E-state index in [2.05, 4.69) is 14.6 Å². The van der Waals surface area contributed by atoms with Crippen LogP contribution in [0.5, 0.6) is 0 Å². The lowest BCUT2D eigenvalue weighted by atomic mass is 9.95. The van der Waals surface area contributed by atoms with Gasteiger partial charge in [0.2, 0.25) is 5.91 Å². The summed E-state index contributed by atoms with van der Waals surface area (Å²) in [6.45, 7) is 1.53. The number of benzene rings is 1. The first-order chi connectivity index (χ1) is 12.2. The number of nitrogens with zero attached hydrogens (tertiary/aromatic N) is 4. The van der Waals surface area contributed by atoms with Crippen LogP contribution < -0.4 is 0 Å². The van der Waals surface area contributed by atoms with E-state index in [-0.39, 0.29) is 5.91 Å². The highest BCUT2D eigenvalue weighted by molar-refractivity contribution is 6.30. The summed E-state index contributed by atoms with van der Waals surface area (Å²) in [4.78, 5) is 14.5. The molecule has 1 fully saturated rings. The number of halogens is 1. The van der Waals surface area contributed by atoms with Gasteiger partial charge >= 0.3 is 0 Å². The van der Waals surface area contributed by atoms with Crippen molar-refractivity contribution in [3.63, 3.8) is 0 Å². The number of aromatic nitrogens is 3. The van der Waals surface area contributed by atoms with Crippen LogP contribution in [-0.4, -0.2) is 38.5 Å². The second-order valence-electron chi connectivity index (χ2n) is 6.45. The smallest absolute Gasteiger partial charge is 0.226 e. The maximum atomic E-state index is 12.5. The lowest BCUT2D eigenvalue weighted by Gasteiger charge is -2.31. The molecule has 1 aliphatic heterocycles. The number of carbonyl (C=O) groups is 1. The molecular weight excluding hydrogens is 336 g/mol. The Morgan fingerprint density at radius 2 is 1.84 bits per heavy atom. The molecule has 5 nitrogen and oxygen atoms in total. The number of piperidine rings is 1. The summed E-state index contributed by atoms with van der Waals surface area (Å²) >= 11 is 5.89. The van der Waals surface area contributed by atoms with Crippen molar-refractivity contribution in [1.82, 2.24) is 19.5 Å². The van der Waals surface area contributed by atoms with Crippen molar-refractivity contribution in [1.29, 1.82) is 0 Å². The first kappa shape index (κ1) is 16.1. The first-order valence-corrected chi connectivity index (χ1v) is 8.90. The molecule has 0 saturated carbocycles. The highest BCUT2D eigenvalue weighted by Gasteiger charge is 2.26. The predicted molar refractivity (Wildman–Crippen MR) is 96.7 cm³/mol. The zero-order valence-electron chi connectivity index (χ0n) is 13.8. The molecule has 0 aliphatic carbocycles. The van der Waals surface area contributed by atoms with Crippen molar-refractivity contribution in [2.24, 2.45) is 0 Å². The number of hydrogen-bond donors (Lipinski definition) is 0. The fourth-order valence-corrected chi connectivity index (χ4v) is 3.54. The molecule has 1 amide bonds. The van der Waals surface area contributed by atoms with E-state index in [9.17, 15) is 4.79 Å². The third-order valence-electron chi connectivity index (χ3n) is 4.82. The van der Waals surface area contributed by atoms with Crippen molar-refractivity contribution < 1.29 is 4.79 Å². The minimum Gasteiger partial charge on any atom is -0.342 e.